The highest BCUT2D eigenvalue weighted by Crippen LogP contribution is 2.35. The molecule has 5 heteroatoms. The molecule has 1 aliphatic carbocycles. The van der Waals surface area contributed by atoms with Crippen molar-refractivity contribution in [1.82, 2.24) is 0 Å². The van der Waals surface area contributed by atoms with E-state index in [-0.39, 0.29) is 17.8 Å². The van der Waals surface area contributed by atoms with Crippen LogP contribution in [0.3, 0.4) is 0 Å². The fourth-order valence-electron chi connectivity index (χ4n) is 4.57. The third kappa shape index (κ3) is 5.31. The number of nitrogens with zero attached hydrogens (tertiary/aromatic N) is 1. The predicted molar refractivity (Wildman–Crippen MR) is 117 cm³/mol. The highest BCUT2D eigenvalue weighted by Gasteiger charge is 2.38. The van der Waals surface area contributed by atoms with Gasteiger partial charge in [-0.1, -0.05) is 38.3 Å². The molecule has 29 heavy (non-hydrogen) atoms. The topological polar surface area (TPSA) is 58.6 Å². The van der Waals surface area contributed by atoms with Crippen molar-refractivity contribution in [2.24, 2.45) is 11.8 Å². The zero-order chi connectivity index (χ0) is 20.9. The number of unbranched alkanes of at least 4 members (excludes halogenated alkanes) is 1. The van der Waals surface area contributed by atoms with Crippen LogP contribution in [0.15, 0.2) is 24.3 Å². The normalized spacial score (nSPS) is 23.3. The molecule has 1 aromatic carbocycles. The second-order valence-electron chi connectivity index (χ2n) is 9.10. The second kappa shape index (κ2) is 9.64. The molecule has 1 N–H and O–H groups in total. The molecule has 1 amide bonds. The molecule has 5 nitrogen and oxygen atoms in total. The molecule has 0 unspecified atom stereocenters. The third-order valence-corrected chi connectivity index (χ3v) is 6.34. The summed E-state index contributed by atoms with van der Waals surface area (Å²) in [5.41, 5.74) is 1.23. The number of para-hydroxylation sites is 2. The number of amides is 1. The molecule has 1 saturated carbocycles. The third-order valence-electron chi connectivity index (χ3n) is 6.34. The monoisotopic (exact) mass is 400 g/mol. The number of carbonyl (C=O) groups is 2. The summed E-state index contributed by atoms with van der Waals surface area (Å²) in [5, 5.41) is 3.31. The van der Waals surface area contributed by atoms with Crippen molar-refractivity contribution >= 4 is 23.3 Å². The standard InChI is InChI=1S/C24H36N2O3/c1-4-5-9-18-12-14-19(15-13-18)22(27)29-17-8-16-26-21-11-7-6-10-20(21)25-24(2,3)23(26)28/h6-7,10-11,18-19,25H,4-5,8-9,12-17H2,1-3H3. The molecule has 0 bridgehead atoms. The largest absolute Gasteiger partial charge is 0.465 e. The van der Waals surface area contributed by atoms with Crippen LogP contribution in [-0.2, 0) is 14.3 Å². The van der Waals surface area contributed by atoms with Crippen molar-refractivity contribution in [2.75, 3.05) is 23.4 Å². The molecular formula is C24H36N2O3. The van der Waals surface area contributed by atoms with Gasteiger partial charge in [0.2, 0.25) is 0 Å². The van der Waals surface area contributed by atoms with E-state index >= 15 is 0 Å². The molecule has 0 radical (unpaired) electrons. The number of nitrogens with one attached hydrogen (secondary N) is 1. The van der Waals surface area contributed by atoms with Crippen molar-refractivity contribution < 1.29 is 14.3 Å². The summed E-state index contributed by atoms with van der Waals surface area (Å²) in [6.07, 6.45) is 8.73. The smallest absolute Gasteiger partial charge is 0.308 e. The van der Waals surface area contributed by atoms with Crippen molar-refractivity contribution in [1.29, 1.82) is 0 Å². The molecule has 0 atom stereocenters. The number of hydrogen-bond acceptors (Lipinski definition) is 4. The summed E-state index contributed by atoms with van der Waals surface area (Å²) in [6.45, 7) is 6.95. The number of esters is 1. The minimum atomic E-state index is -0.637. The molecule has 1 fully saturated rings. The van der Waals surface area contributed by atoms with E-state index in [9.17, 15) is 9.59 Å². The van der Waals surface area contributed by atoms with Crippen LogP contribution >= 0.6 is 0 Å². The van der Waals surface area contributed by atoms with Gasteiger partial charge in [-0.15, -0.1) is 0 Å². The SMILES string of the molecule is CCCCC1CCC(C(=O)OCCCN2C(=O)C(C)(C)Nc3ccccc32)CC1. The van der Waals surface area contributed by atoms with Gasteiger partial charge in [-0.2, -0.15) is 0 Å². The summed E-state index contributed by atoms with van der Waals surface area (Å²) < 4.78 is 5.57. The summed E-state index contributed by atoms with van der Waals surface area (Å²) >= 11 is 0. The average molecular weight is 401 g/mol. The summed E-state index contributed by atoms with van der Waals surface area (Å²) in [6, 6.07) is 7.86. The van der Waals surface area contributed by atoms with Crippen molar-refractivity contribution in [2.45, 2.75) is 77.7 Å². The van der Waals surface area contributed by atoms with E-state index in [0.29, 0.717) is 19.6 Å². The minimum absolute atomic E-state index is 0.0490. The molecule has 3 rings (SSSR count). The Morgan fingerprint density at radius 2 is 1.90 bits per heavy atom. The van der Waals surface area contributed by atoms with E-state index in [1.165, 1.54) is 19.3 Å². The molecular weight excluding hydrogens is 364 g/mol. The lowest BCUT2D eigenvalue weighted by Crippen LogP contribution is -2.54. The number of rotatable bonds is 8. The Kier molecular flexibility index (Phi) is 7.20. The van der Waals surface area contributed by atoms with Crippen molar-refractivity contribution in [3.8, 4) is 0 Å². The molecule has 1 aromatic rings. The van der Waals surface area contributed by atoms with Gasteiger partial charge in [0.05, 0.1) is 23.9 Å². The lowest BCUT2D eigenvalue weighted by molar-refractivity contribution is -0.150. The number of fused-ring (bicyclic) bond motifs is 1. The van der Waals surface area contributed by atoms with Gasteiger partial charge in [0.15, 0.2) is 0 Å². The van der Waals surface area contributed by atoms with E-state index in [2.05, 4.69) is 12.2 Å². The minimum Gasteiger partial charge on any atom is -0.465 e. The number of carbonyl (C=O) groups excluding carboxylic acids is 2. The molecule has 2 aliphatic rings. The van der Waals surface area contributed by atoms with Gasteiger partial charge in [0.25, 0.3) is 5.91 Å². The van der Waals surface area contributed by atoms with Crippen LogP contribution in [0.5, 0.6) is 0 Å². The van der Waals surface area contributed by atoms with Gasteiger partial charge in [-0.3, -0.25) is 9.59 Å². The first-order valence-electron chi connectivity index (χ1n) is 11.3. The number of benzene rings is 1. The lowest BCUT2D eigenvalue weighted by atomic mass is 9.80. The molecule has 1 aliphatic heterocycles. The van der Waals surface area contributed by atoms with Gasteiger partial charge in [-0.25, -0.2) is 0 Å². The van der Waals surface area contributed by atoms with E-state index < -0.39 is 5.54 Å². The Balaban J connectivity index is 1.45. The first-order chi connectivity index (χ1) is 13.9. The van der Waals surface area contributed by atoms with Crippen molar-refractivity contribution in [3.05, 3.63) is 24.3 Å². The first-order valence-corrected chi connectivity index (χ1v) is 11.3. The molecule has 0 saturated heterocycles. The summed E-state index contributed by atoms with van der Waals surface area (Å²) in [7, 11) is 0. The second-order valence-corrected chi connectivity index (χ2v) is 9.10. The molecule has 0 aromatic heterocycles. The Labute approximate surface area is 175 Å². The van der Waals surface area contributed by atoms with Crippen LogP contribution in [0.2, 0.25) is 0 Å². The molecule has 160 valence electrons. The lowest BCUT2D eigenvalue weighted by Gasteiger charge is -2.40. The van der Waals surface area contributed by atoms with Crippen LogP contribution in [0.4, 0.5) is 11.4 Å². The fraction of sp³-hybridized carbons (Fsp3) is 0.667. The number of anilines is 2. The fourth-order valence-corrected chi connectivity index (χ4v) is 4.57. The van der Waals surface area contributed by atoms with E-state index in [4.69, 9.17) is 4.74 Å². The van der Waals surface area contributed by atoms with Crippen LogP contribution in [-0.4, -0.2) is 30.6 Å². The maximum absolute atomic E-state index is 12.8. The van der Waals surface area contributed by atoms with Gasteiger partial charge in [-0.05, 0) is 64.0 Å². The number of ether oxygens (including phenoxy) is 1. The van der Waals surface area contributed by atoms with E-state index in [1.54, 1.807) is 0 Å². The number of hydrogen-bond donors (Lipinski definition) is 1. The van der Waals surface area contributed by atoms with Gasteiger partial charge >= 0.3 is 5.97 Å². The summed E-state index contributed by atoms with van der Waals surface area (Å²) in [5.74, 6) is 0.855. The van der Waals surface area contributed by atoms with Crippen LogP contribution in [0.25, 0.3) is 0 Å². The maximum atomic E-state index is 12.8. The summed E-state index contributed by atoms with van der Waals surface area (Å²) in [4.78, 5) is 27.1. The Bertz CT molecular complexity index is 708. The van der Waals surface area contributed by atoms with Gasteiger partial charge in [0, 0.05) is 6.54 Å². The highest BCUT2D eigenvalue weighted by atomic mass is 16.5. The van der Waals surface area contributed by atoms with E-state index in [1.807, 2.05) is 43.0 Å². The maximum Gasteiger partial charge on any atom is 0.308 e. The van der Waals surface area contributed by atoms with E-state index in [0.717, 1.165) is 43.0 Å². The highest BCUT2D eigenvalue weighted by molar-refractivity contribution is 6.07. The zero-order valence-electron chi connectivity index (χ0n) is 18.2. The van der Waals surface area contributed by atoms with Crippen molar-refractivity contribution in [3.63, 3.8) is 0 Å². The first kappa shape index (κ1) is 21.7. The quantitative estimate of drug-likeness (QED) is 0.484. The van der Waals surface area contributed by atoms with Crippen LogP contribution in [0, 0.1) is 11.8 Å². The average Bonchev–Trinajstić information content (AvgIpc) is 2.72. The molecule has 1 heterocycles. The van der Waals surface area contributed by atoms with Gasteiger partial charge in [0.1, 0.15) is 5.54 Å². The van der Waals surface area contributed by atoms with Crippen LogP contribution < -0.4 is 10.2 Å². The Hall–Kier alpha value is -2.04. The zero-order valence-corrected chi connectivity index (χ0v) is 18.2. The Morgan fingerprint density at radius 1 is 1.17 bits per heavy atom. The predicted octanol–water partition coefficient (Wildman–Crippen LogP) is 5.15. The van der Waals surface area contributed by atoms with Gasteiger partial charge < -0.3 is 15.0 Å². The molecule has 0 spiro atoms. The Morgan fingerprint density at radius 3 is 2.62 bits per heavy atom. The van der Waals surface area contributed by atoms with Crippen LogP contribution in [0.1, 0.15) is 72.1 Å².